The van der Waals surface area contributed by atoms with E-state index in [2.05, 4.69) is 31.7 Å². The zero-order valence-corrected chi connectivity index (χ0v) is 17.3. The first-order chi connectivity index (χ1) is 14.4. The Bertz CT molecular complexity index is 924. The second-order valence-corrected chi connectivity index (χ2v) is 7.83. The molecule has 1 aromatic heterocycles. The summed E-state index contributed by atoms with van der Waals surface area (Å²) >= 11 is 0. The van der Waals surface area contributed by atoms with Crippen LogP contribution in [0.5, 0.6) is 0 Å². The van der Waals surface area contributed by atoms with Crippen LogP contribution in [0.25, 0.3) is 0 Å². The number of benzene rings is 1. The van der Waals surface area contributed by atoms with Crippen molar-refractivity contribution in [1.29, 1.82) is 0 Å². The molecule has 160 valence electrons. The second-order valence-electron chi connectivity index (χ2n) is 7.83. The summed E-state index contributed by atoms with van der Waals surface area (Å²) in [5, 5.41) is 0. The summed E-state index contributed by atoms with van der Waals surface area (Å²) in [4.78, 5) is 30.2. The van der Waals surface area contributed by atoms with Crippen LogP contribution in [0.3, 0.4) is 0 Å². The van der Waals surface area contributed by atoms with Crippen LogP contribution in [0.1, 0.15) is 16.2 Å². The minimum atomic E-state index is -1.01. The molecule has 7 nitrogen and oxygen atoms in total. The molecule has 2 saturated heterocycles. The van der Waals surface area contributed by atoms with Crippen LogP contribution >= 0.6 is 0 Å². The van der Waals surface area contributed by atoms with Crippen molar-refractivity contribution in [1.82, 2.24) is 19.8 Å². The number of amides is 1. The van der Waals surface area contributed by atoms with E-state index in [0.717, 1.165) is 55.8 Å². The number of aromatic nitrogens is 2. The van der Waals surface area contributed by atoms with Gasteiger partial charge >= 0.3 is 0 Å². The first kappa shape index (κ1) is 20.5. The number of aryl methyl sites for hydroxylation is 1. The van der Waals surface area contributed by atoms with Crippen molar-refractivity contribution in [3.05, 3.63) is 47.3 Å². The van der Waals surface area contributed by atoms with Crippen molar-refractivity contribution in [3.8, 4) is 0 Å². The van der Waals surface area contributed by atoms with Crippen LogP contribution in [-0.2, 0) is 0 Å². The average Bonchev–Trinajstić information content (AvgIpc) is 2.75. The number of rotatable bonds is 3. The molecule has 0 aliphatic carbocycles. The first-order valence-electron chi connectivity index (χ1n) is 10.2. The van der Waals surface area contributed by atoms with Crippen LogP contribution in [0.4, 0.5) is 20.4 Å². The summed E-state index contributed by atoms with van der Waals surface area (Å²) in [6.07, 6.45) is 0. The van der Waals surface area contributed by atoms with Crippen LogP contribution in [0, 0.1) is 18.6 Å². The third kappa shape index (κ3) is 4.35. The molecule has 2 aromatic rings. The Morgan fingerprint density at radius 3 is 1.97 bits per heavy atom. The van der Waals surface area contributed by atoms with Crippen LogP contribution in [0.15, 0.2) is 24.3 Å². The molecule has 0 N–H and O–H groups in total. The summed E-state index contributed by atoms with van der Waals surface area (Å²) in [6.45, 7) is 7.99. The molecule has 2 aliphatic rings. The van der Waals surface area contributed by atoms with Gasteiger partial charge in [-0.1, -0.05) is 0 Å². The molecule has 2 aliphatic heterocycles. The van der Waals surface area contributed by atoms with Gasteiger partial charge in [0.05, 0.1) is 0 Å². The van der Waals surface area contributed by atoms with E-state index in [1.165, 1.54) is 6.07 Å². The average molecular weight is 416 g/mol. The lowest BCUT2D eigenvalue weighted by Crippen LogP contribution is -2.49. The molecular weight excluding hydrogens is 390 g/mol. The van der Waals surface area contributed by atoms with Gasteiger partial charge in [0, 0.05) is 64.0 Å². The normalized spacial score (nSPS) is 18.1. The summed E-state index contributed by atoms with van der Waals surface area (Å²) in [7, 11) is 2.12. The maximum Gasteiger partial charge on any atom is 0.254 e. The van der Waals surface area contributed by atoms with E-state index in [0.29, 0.717) is 26.2 Å². The molecule has 0 bridgehead atoms. The Labute approximate surface area is 174 Å². The fraction of sp³-hybridized carbons (Fsp3) is 0.476. The van der Waals surface area contributed by atoms with Gasteiger partial charge in [-0.3, -0.25) is 4.79 Å². The highest BCUT2D eigenvalue weighted by molar-refractivity contribution is 5.94. The number of piperazine rings is 2. The van der Waals surface area contributed by atoms with E-state index in [1.807, 2.05) is 13.0 Å². The maximum atomic E-state index is 13.5. The van der Waals surface area contributed by atoms with E-state index in [4.69, 9.17) is 0 Å². The van der Waals surface area contributed by atoms with E-state index >= 15 is 0 Å². The monoisotopic (exact) mass is 416 g/mol. The quantitative estimate of drug-likeness (QED) is 0.760. The molecule has 0 unspecified atom stereocenters. The predicted molar refractivity (Wildman–Crippen MR) is 111 cm³/mol. The molecule has 3 heterocycles. The van der Waals surface area contributed by atoms with Gasteiger partial charge in [-0.15, -0.1) is 0 Å². The molecular formula is C21H26F2N6O. The minimum absolute atomic E-state index is 0.164. The fourth-order valence-corrected chi connectivity index (χ4v) is 3.85. The van der Waals surface area contributed by atoms with E-state index in [9.17, 15) is 13.6 Å². The lowest BCUT2D eigenvalue weighted by Gasteiger charge is -2.37. The highest BCUT2D eigenvalue weighted by atomic mass is 19.2. The van der Waals surface area contributed by atoms with Crippen LogP contribution < -0.4 is 9.80 Å². The van der Waals surface area contributed by atoms with Crippen molar-refractivity contribution < 1.29 is 13.6 Å². The molecule has 0 saturated carbocycles. The van der Waals surface area contributed by atoms with Gasteiger partial charge < -0.3 is 19.6 Å². The lowest BCUT2D eigenvalue weighted by molar-refractivity contribution is 0.0746. The molecule has 0 spiro atoms. The molecule has 1 aromatic carbocycles. The molecule has 4 rings (SSSR count). The molecule has 0 radical (unpaired) electrons. The summed E-state index contributed by atoms with van der Waals surface area (Å²) in [5.74, 6) is 0.272. The topological polar surface area (TPSA) is 55.8 Å². The smallest absolute Gasteiger partial charge is 0.254 e. The molecule has 9 heteroatoms. The zero-order valence-electron chi connectivity index (χ0n) is 17.3. The third-order valence-corrected chi connectivity index (χ3v) is 5.70. The Morgan fingerprint density at radius 2 is 1.40 bits per heavy atom. The number of anilines is 2. The SMILES string of the molecule is Cc1nc(N2CCN(C)CC2)cc(N2CCN(C(=O)c3ccc(F)c(F)c3)CC2)n1. The van der Waals surface area contributed by atoms with Crippen molar-refractivity contribution >= 4 is 17.5 Å². The zero-order chi connectivity index (χ0) is 21.3. The van der Waals surface area contributed by atoms with E-state index in [-0.39, 0.29) is 11.5 Å². The fourth-order valence-electron chi connectivity index (χ4n) is 3.85. The van der Waals surface area contributed by atoms with Crippen LogP contribution in [-0.4, -0.2) is 85.1 Å². The van der Waals surface area contributed by atoms with Crippen molar-refractivity contribution in [3.63, 3.8) is 0 Å². The largest absolute Gasteiger partial charge is 0.354 e. The number of likely N-dealkylation sites (N-methyl/N-ethyl adjacent to an activating group) is 1. The second kappa shape index (κ2) is 8.51. The standard InChI is InChI=1S/C21H26F2N6O/c1-15-24-19(27-7-5-26(2)6-8-27)14-20(25-15)28-9-11-29(12-10-28)21(30)16-3-4-17(22)18(23)13-16/h3-4,13-14H,5-12H2,1-2H3. The Hall–Kier alpha value is -2.81. The van der Waals surface area contributed by atoms with Gasteiger partial charge in [0.1, 0.15) is 17.5 Å². The highest BCUT2D eigenvalue weighted by Crippen LogP contribution is 2.22. The lowest BCUT2D eigenvalue weighted by atomic mass is 10.1. The summed E-state index contributed by atoms with van der Waals surface area (Å²) in [5.41, 5.74) is 0.164. The minimum Gasteiger partial charge on any atom is -0.354 e. The number of nitrogens with zero attached hydrogens (tertiary/aromatic N) is 6. The summed E-state index contributed by atoms with van der Waals surface area (Å²) in [6, 6.07) is 5.29. The van der Waals surface area contributed by atoms with Gasteiger partial charge in [-0.25, -0.2) is 18.7 Å². The van der Waals surface area contributed by atoms with Crippen LogP contribution in [0.2, 0.25) is 0 Å². The van der Waals surface area contributed by atoms with E-state index < -0.39 is 11.6 Å². The van der Waals surface area contributed by atoms with Crippen molar-refractivity contribution in [2.75, 3.05) is 69.2 Å². The summed E-state index contributed by atoms with van der Waals surface area (Å²) < 4.78 is 26.6. The number of hydrogen-bond acceptors (Lipinski definition) is 6. The third-order valence-electron chi connectivity index (χ3n) is 5.70. The maximum absolute atomic E-state index is 13.5. The number of halogens is 2. The predicted octanol–water partition coefficient (Wildman–Crippen LogP) is 1.78. The Kier molecular flexibility index (Phi) is 5.80. The Morgan fingerprint density at radius 1 is 0.833 bits per heavy atom. The van der Waals surface area contributed by atoms with Crippen molar-refractivity contribution in [2.24, 2.45) is 0 Å². The Balaban J connectivity index is 1.42. The first-order valence-corrected chi connectivity index (χ1v) is 10.2. The van der Waals surface area contributed by atoms with Gasteiger partial charge in [0.25, 0.3) is 5.91 Å². The van der Waals surface area contributed by atoms with Gasteiger partial charge in [-0.2, -0.15) is 0 Å². The number of carbonyl (C=O) groups is 1. The molecule has 0 atom stereocenters. The van der Waals surface area contributed by atoms with Gasteiger partial charge in [-0.05, 0) is 32.2 Å². The number of hydrogen-bond donors (Lipinski definition) is 0. The molecule has 30 heavy (non-hydrogen) atoms. The number of carbonyl (C=O) groups excluding carboxylic acids is 1. The van der Waals surface area contributed by atoms with Crippen molar-refractivity contribution in [2.45, 2.75) is 6.92 Å². The highest BCUT2D eigenvalue weighted by Gasteiger charge is 2.25. The molecule has 1 amide bonds. The van der Waals surface area contributed by atoms with Gasteiger partial charge in [0.15, 0.2) is 11.6 Å². The van der Waals surface area contributed by atoms with E-state index in [1.54, 1.807) is 4.90 Å². The molecule has 2 fully saturated rings. The van der Waals surface area contributed by atoms with Gasteiger partial charge in [0.2, 0.25) is 0 Å².